The van der Waals surface area contributed by atoms with E-state index >= 15 is 0 Å². The Balaban J connectivity index is -0.0000000445. The Morgan fingerprint density at radius 1 is 0.500 bits per heavy atom. The molecular formula is C8H14Na2O20S2. The molecular weight excluding hydrogens is 526 g/mol. The predicted molar refractivity (Wildman–Crippen MR) is 74.6 cm³/mol. The fourth-order valence-corrected chi connectivity index (χ4v) is 0.516. The van der Waals surface area contributed by atoms with Crippen LogP contribution in [0.2, 0.25) is 0 Å². The summed E-state index contributed by atoms with van der Waals surface area (Å²) in [7, 11) is -9.33. The topological polar surface area (TPSA) is 391 Å². The third kappa shape index (κ3) is 43.4. The van der Waals surface area contributed by atoms with Crippen molar-refractivity contribution in [2.24, 2.45) is 0 Å². The summed E-state index contributed by atoms with van der Waals surface area (Å²) in [5.41, 5.74) is 0. The second-order valence-corrected chi connectivity index (χ2v) is 5.74. The van der Waals surface area contributed by atoms with Gasteiger partial charge in [-0.3, -0.25) is 18.2 Å². The van der Waals surface area contributed by atoms with E-state index in [4.69, 9.17) is 55.5 Å². The molecule has 24 heteroatoms. The molecule has 0 amide bonds. The van der Waals surface area contributed by atoms with Crippen molar-refractivity contribution in [1.29, 1.82) is 0 Å². The van der Waals surface area contributed by atoms with Crippen molar-refractivity contribution in [3.05, 3.63) is 0 Å². The average Bonchev–Trinajstić information content (AvgIpc) is 2.48. The Labute approximate surface area is 224 Å². The molecule has 4 unspecified atom stereocenters. The molecule has 0 rings (SSSR count). The number of aliphatic hydroxyl groups excluding tert-OH is 4. The van der Waals surface area contributed by atoms with Crippen LogP contribution >= 0.6 is 0 Å². The molecule has 0 radical (unpaired) electrons. The van der Waals surface area contributed by atoms with Crippen molar-refractivity contribution in [2.75, 3.05) is 0 Å². The van der Waals surface area contributed by atoms with Gasteiger partial charge in [0.05, 0.1) is 23.9 Å². The third-order valence-electron chi connectivity index (χ3n) is 1.56. The third-order valence-corrected chi connectivity index (χ3v) is 1.56. The molecule has 0 saturated heterocycles. The number of aliphatic carboxylic acids is 4. The summed E-state index contributed by atoms with van der Waals surface area (Å²) in [6.07, 6.45) is -9.76. The van der Waals surface area contributed by atoms with E-state index in [9.17, 15) is 39.6 Å². The molecule has 0 aromatic heterocycles. The van der Waals surface area contributed by atoms with Crippen molar-refractivity contribution < 1.29 is 157 Å². The smallest absolute Gasteiger partial charge is 0.547 e. The number of carboxylic acid groups (broad SMARTS) is 4. The SMILES string of the molecule is O=C([O-])C(O)C(O)C(=O)[O-].O=C([O-])C(O)C(O)C(=O)[O-].O=S(=O)(O)O.O=S(=O)(O)O.[H+].[H+].[Na+].[Na+]. The van der Waals surface area contributed by atoms with Crippen LogP contribution in [-0.4, -0.2) is 104 Å². The zero-order chi connectivity index (χ0) is 25.6. The molecule has 0 aliphatic carbocycles. The molecule has 0 saturated carbocycles. The maximum Gasteiger partial charge on any atom is 1.00 e. The van der Waals surface area contributed by atoms with Crippen LogP contribution in [0.4, 0.5) is 0 Å². The summed E-state index contributed by atoms with van der Waals surface area (Å²) in [5.74, 6) is -8.23. The molecule has 0 aromatic carbocycles. The molecule has 4 atom stereocenters. The second-order valence-electron chi connectivity index (χ2n) is 3.95. The standard InChI is InChI=1S/2C4H6O6.2Na.2H2O4S/c2*5-1(3(7)8)2(6)4(9)10;;;2*1-5(2,3)4/h2*1-2,5-6H,(H,7,8)(H,9,10);;;2*(H2,1,2,3,4)/q;;2*+1;;/p-2. The summed E-state index contributed by atoms with van der Waals surface area (Å²) in [6, 6.07) is 0. The summed E-state index contributed by atoms with van der Waals surface area (Å²) in [4.78, 5) is 38.5. The fourth-order valence-electron chi connectivity index (χ4n) is 0.516. The zero-order valence-corrected chi connectivity index (χ0v) is 21.2. The van der Waals surface area contributed by atoms with Crippen LogP contribution in [0.3, 0.4) is 0 Å². The summed E-state index contributed by atoms with van der Waals surface area (Å²) < 4.78 is 63.2. The van der Waals surface area contributed by atoms with Crippen LogP contribution in [0.15, 0.2) is 0 Å². The van der Waals surface area contributed by atoms with Crippen LogP contribution in [0.1, 0.15) is 2.85 Å². The first-order chi connectivity index (χ1) is 12.9. The minimum Gasteiger partial charge on any atom is -0.547 e. The minimum atomic E-state index is -4.67. The van der Waals surface area contributed by atoms with E-state index in [0.29, 0.717) is 0 Å². The first kappa shape index (κ1) is 45.0. The van der Waals surface area contributed by atoms with E-state index in [1.54, 1.807) is 0 Å². The van der Waals surface area contributed by atoms with E-state index in [0.717, 1.165) is 0 Å². The summed E-state index contributed by atoms with van der Waals surface area (Å²) in [5, 5.41) is 71.5. The Bertz CT molecular complexity index is 668. The second kappa shape index (κ2) is 21.0. The molecule has 0 heterocycles. The molecule has 0 aliphatic rings. The van der Waals surface area contributed by atoms with Gasteiger partial charge in [-0.15, -0.1) is 0 Å². The Kier molecular flexibility index (Phi) is 29.6. The summed E-state index contributed by atoms with van der Waals surface area (Å²) >= 11 is 0. The number of carbonyl (C=O) groups excluding carboxylic acids is 4. The normalized spacial score (nSPS) is 13.5. The molecule has 0 aliphatic heterocycles. The molecule has 0 bridgehead atoms. The summed E-state index contributed by atoms with van der Waals surface area (Å²) in [6.45, 7) is 0. The van der Waals surface area contributed by atoms with Gasteiger partial charge in [0.25, 0.3) is 0 Å². The minimum absolute atomic E-state index is 0. The number of hydrogen-bond donors (Lipinski definition) is 8. The number of aliphatic hydroxyl groups is 4. The molecule has 20 nitrogen and oxygen atoms in total. The van der Waals surface area contributed by atoms with Crippen LogP contribution in [0.25, 0.3) is 0 Å². The van der Waals surface area contributed by atoms with Gasteiger partial charge in [-0.05, 0) is 0 Å². The first-order valence-corrected chi connectivity index (χ1v) is 8.68. The molecule has 0 spiro atoms. The van der Waals surface area contributed by atoms with E-state index < -0.39 is 69.1 Å². The number of rotatable bonds is 6. The van der Waals surface area contributed by atoms with Gasteiger partial charge in [-0.2, -0.15) is 16.8 Å². The van der Waals surface area contributed by atoms with Gasteiger partial charge in [-0.25, -0.2) is 0 Å². The van der Waals surface area contributed by atoms with E-state index in [1.165, 1.54) is 0 Å². The largest absolute Gasteiger partial charge is 1.00 e. The fraction of sp³-hybridized carbons (Fsp3) is 0.500. The van der Waals surface area contributed by atoms with Gasteiger partial charge in [0.15, 0.2) is 0 Å². The van der Waals surface area contributed by atoms with Crippen LogP contribution in [-0.2, 0) is 40.0 Å². The quantitative estimate of drug-likeness (QED) is 0.114. The van der Waals surface area contributed by atoms with Crippen LogP contribution in [0.5, 0.6) is 0 Å². The predicted octanol–water partition coefficient (Wildman–Crippen LogP) is -16.7. The van der Waals surface area contributed by atoms with Gasteiger partial charge in [0.2, 0.25) is 0 Å². The maximum atomic E-state index is 9.63. The van der Waals surface area contributed by atoms with Gasteiger partial charge >= 0.3 is 82.8 Å². The maximum absolute atomic E-state index is 9.63. The Morgan fingerprint density at radius 2 is 0.562 bits per heavy atom. The Hall–Kier alpha value is -0.540. The van der Waals surface area contributed by atoms with Gasteiger partial charge in [0, 0.05) is 0 Å². The van der Waals surface area contributed by atoms with Crippen molar-refractivity contribution in [3.63, 3.8) is 0 Å². The molecule has 0 aromatic rings. The van der Waals surface area contributed by atoms with E-state index in [1.807, 2.05) is 0 Å². The van der Waals surface area contributed by atoms with Gasteiger partial charge in [-0.1, -0.05) is 0 Å². The molecule has 8 N–H and O–H groups in total. The van der Waals surface area contributed by atoms with Crippen LogP contribution < -0.4 is 79.5 Å². The van der Waals surface area contributed by atoms with E-state index in [-0.39, 0.29) is 62.0 Å². The van der Waals surface area contributed by atoms with Crippen molar-refractivity contribution in [3.8, 4) is 0 Å². The monoisotopic (exact) mass is 540 g/mol. The van der Waals surface area contributed by atoms with Crippen molar-refractivity contribution >= 4 is 44.7 Å². The van der Waals surface area contributed by atoms with Crippen molar-refractivity contribution in [1.82, 2.24) is 0 Å². The molecule has 180 valence electrons. The Morgan fingerprint density at radius 3 is 0.594 bits per heavy atom. The van der Waals surface area contributed by atoms with Crippen molar-refractivity contribution in [2.45, 2.75) is 24.4 Å². The van der Waals surface area contributed by atoms with Gasteiger partial charge in [0.1, 0.15) is 24.4 Å². The van der Waals surface area contributed by atoms with Gasteiger partial charge < -0.3 is 60.0 Å². The molecule has 0 fully saturated rings. The number of hydrogen-bond acceptors (Lipinski definition) is 16. The average molecular weight is 540 g/mol. The van der Waals surface area contributed by atoms with E-state index in [2.05, 4.69) is 0 Å². The zero-order valence-electron chi connectivity index (χ0n) is 17.6. The van der Waals surface area contributed by atoms with Crippen LogP contribution in [0, 0.1) is 0 Å². The molecule has 32 heavy (non-hydrogen) atoms. The number of carboxylic acids is 4. The number of carbonyl (C=O) groups is 4. The first-order valence-electron chi connectivity index (χ1n) is 5.88.